The summed E-state index contributed by atoms with van der Waals surface area (Å²) in [5.41, 5.74) is 1.73. The van der Waals surface area contributed by atoms with Gasteiger partial charge in [-0.15, -0.1) is 0 Å². The largest absolute Gasteiger partial charge is 0.459 e. The first-order chi connectivity index (χ1) is 12.2. The Morgan fingerprint density at radius 3 is 2.76 bits per heavy atom. The molecule has 3 aromatic rings. The normalized spacial score (nSPS) is 21.3. The summed E-state index contributed by atoms with van der Waals surface area (Å²) >= 11 is 0. The number of carbonyl (C=O) groups excluding carboxylic acids is 1. The average Bonchev–Trinajstić information content (AvgIpc) is 3.26. The third-order valence-corrected chi connectivity index (χ3v) is 4.70. The first-order valence-electron chi connectivity index (χ1n) is 8.53. The van der Waals surface area contributed by atoms with Crippen molar-refractivity contribution in [1.82, 2.24) is 10.3 Å². The van der Waals surface area contributed by atoms with E-state index < -0.39 is 6.10 Å². The van der Waals surface area contributed by atoms with Gasteiger partial charge in [0.1, 0.15) is 23.5 Å². The lowest BCUT2D eigenvalue weighted by molar-refractivity contribution is -0.132. The van der Waals surface area contributed by atoms with Gasteiger partial charge in [-0.3, -0.25) is 9.78 Å². The number of carbonyl (C=O) groups is 1. The molecule has 1 aliphatic rings. The Hall–Kier alpha value is -2.66. The highest BCUT2D eigenvalue weighted by Crippen LogP contribution is 2.29. The fraction of sp³-hybridized carbons (Fsp3) is 0.300. The number of hydrogen-bond acceptors (Lipinski definition) is 4. The third-order valence-electron chi connectivity index (χ3n) is 4.70. The molecule has 128 valence electrons. The van der Waals surface area contributed by atoms with Crippen molar-refractivity contribution < 1.29 is 13.9 Å². The minimum Gasteiger partial charge on any atom is -0.459 e. The van der Waals surface area contributed by atoms with Gasteiger partial charge in [0.05, 0.1) is 0 Å². The molecule has 0 saturated carbocycles. The fourth-order valence-corrected chi connectivity index (χ4v) is 3.27. The minimum atomic E-state index is -0.409. The van der Waals surface area contributed by atoms with Gasteiger partial charge in [0.2, 0.25) is 5.91 Å². The quantitative estimate of drug-likeness (QED) is 0.792. The smallest absolute Gasteiger partial charge is 0.250 e. The maximum Gasteiger partial charge on any atom is 0.250 e. The zero-order valence-corrected chi connectivity index (χ0v) is 14.0. The molecule has 5 nitrogen and oxygen atoms in total. The molecular formula is C20H20N2O3. The van der Waals surface area contributed by atoms with E-state index in [0.717, 1.165) is 23.0 Å². The molecule has 1 saturated heterocycles. The van der Waals surface area contributed by atoms with Crippen molar-refractivity contribution in [3.05, 3.63) is 66.2 Å². The van der Waals surface area contributed by atoms with Crippen LogP contribution < -0.4 is 5.32 Å². The number of benzene rings is 1. The lowest BCUT2D eigenvalue weighted by Crippen LogP contribution is -2.39. The molecule has 2 aromatic heterocycles. The van der Waals surface area contributed by atoms with Crippen LogP contribution in [0.15, 0.2) is 59.3 Å². The number of rotatable bonds is 4. The summed E-state index contributed by atoms with van der Waals surface area (Å²) in [6.07, 6.45) is 3.93. The van der Waals surface area contributed by atoms with Crippen LogP contribution in [0, 0.1) is 5.92 Å². The highest BCUT2D eigenvalue weighted by atomic mass is 16.5. The van der Waals surface area contributed by atoms with Gasteiger partial charge in [-0.1, -0.05) is 25.1 Å². The molecule has 1 N–H and O–H groups in total. The highest BCUT2D eigenvalue weighted by molar-refractivity contribution is 5.83. The Morgan fingerprint density at radius 2 is 2.04 bits per heavy atom. The summed E-state index contributed by atoms with van der Waals surface area (Å²) in [7, 11) is 0. The van der Waals surface area contributed by atoms with Crippen molar-refractivity contribution in [2.24, 2.45) is 5.92 Å². The van der Waals surface area contributed by atoms with E-state index in [1.54, 1.807) is 12.4 Å². The van der Waals surface area contributed by atoms with Gasteiger partial charge in [0.25, 0.3) is 0 Å². The van der Waals surface area contributed by atoms with Crippen LogP contribution >= 0.6 is 0 Å². The third kappa shape index (κ3) is 3.15. The molecule has 3 heterocycles. The second kappa shape index (κ2) is 6.69. The van der Waals surface area contributed by atoms with Gasteiger partial charge in [0.15, 0.2) is 0 Å². The molecule has 0 unspecified atom stereocenters. The van der Waals surface area contributed by atoms with E-state index in [2.05, 4.69) is 10.3 Å². The van der Waals surface area contributed by atoms with E-state index >= 15 is 0 Å². The Morgan fingerprint density at radius 1 is 1.24 bits per heavy atom. The summed E-state index contributed by atoms with van der Waals surface area (Å²) in [5.74, 6) is 0.812. The number of furan rings is 1. The molecular weight excluding hydrogens is 316 g/mol. The molecule has 25 heavy (non-hydrogen) atoms. The van der Waals surface area contributed by atoms with E-state index in [1.165, 1.54) is 0 Å². The zero-order valence-electron chi connectivity index (χ0n) is 14.0. The standard InChI is InChI=1S/C20H20N2O3/c1-13-8-11-24-19(13)20(23)22-18(14-6-9-21-10-7-14)17-12-15-4-2-3-5-16(15)25-17/h2-7,9-10,12-13,18-19H,8,11H2,1H3,(H,22,23)/t13-,18-,19-/m1/s1. The van der Waals surface area contributed by atoms with Crippen LogP contribution in [0.4, 0.5) is 0 Å². The first-order valence-corrected chi connectivity index (χ1v) is 8.53. The SMILES string of the molecule is C[C@@H]1CCO[C@H]1C(=O)N[C@H](c1ccncc1)c1cc2ccccc2o1. The predicted octanol–water partition coefficient (Wildman–Crippen LogP) is 3.46. The van der Waals surface area contributed by atoms with Crippen LogP contribution in [0.2, 0.25) is 0 Å². The van der Waals surface area contributed by atoms with Crippen LogP contribution in [-0.4, -0.2) is 23.6 Å². The average molecular weight is 336 g/mol. The molecule has 1 amide bonds. The lowest BCUT2D eigenvalue weighted by Gasteiger charge is -2.21. The number of nitrogens with one attached hydrogen (secondary N) is 1. The number of hydrogen-bond donors (Lipinski definition) is 1. The number of amides is 1. The number of ether oxygens (including phenoxy) is 1. The Labute approximate surface area is 146 Å². The summed E-state index contributed by atoms with van der Waals surface area (Å²) in [6.45, 7) is 2.67. The molecule has 1 fully saturated rings. The van der Waals surface area contributed by atoms with E-state index in [1.807, 2.05) is 49.4 Å². The zero-order chi connectivity index (χ0) is 17.2. The summed E-state index contributed by atoms with van der Waals surface area (Å²) in [6, 6.07) is 13.2. The van der Waals surface area contributed by atoms with Crippen molar-refractivity contribution in [2.45, 2.75) is 25.5 Å². The maximum atomic E-state index is 12.7. The molecule has 0 bridgehead atoms. The maximum absolute atomic E-state index is 12.7. The Kier molecular flexibility index (Phi) is 4.24. The predicted molar refractivity (Wildman–Crippen MR) is 94.0 cm³/mol. The van der Waals surface area contributed by atoms with Gasteiger partial charge >= 0.3 is 0 Å². The van der Waals surface area contributed by atoms with Crippen LogP contribution in [-0.2, 0) is 9.53 Å². The van der Waals surface area contributed by atoms with Crippen LogP contribution in [0.3, 0.4) is 0 Å². The number of aromatic nitrogens is 1. The van der Waals surface area contributed by atoms with Gasteiger partial charge in [-0.2, -0.15) is 0 Å². The van der Waals surface area contributed by atoms with Gasteiger partial charge in [0, 0.05) is 24.4 Å². The topological polar surface area (TPSA) is 64.4 Å². The second-order valence-electron chi connectivity index (χ2n) is 6.47. The van der Waals surface area contributed by atoms with Crippen LogP contribution in [0.25, 0.3) is 11.0 Å². The molecule has 1 aromatic carbocycles. The minimum absolute atomic E-state index is 0.104. The van der Waals surface area contributed by atoms with Crippen molar-refractivity contribution in [1.29, 1.82) is 0 Å². The number of para-hydroxylation sites is 1. The Balaban J connectivity index is 1.68. The number of pyridine rings is 1. The van der Waals surface area contributed by atoms with Crippen LogP contribution in [0.1, 0.15) is 30.7 Å². The number of nitrogens with zero attached hydrogens (tertiary/aromatic N) is 1. The molecule has 0 aliphatic carbocycles. The molecule has 3 atom stereocenters. The summed E-state index contributed by atoms with van der Waals surface area (Å²) in [4.78, 5) is 16.8. The van der Waals surface area contributed by atoms with E-state index in [9.17, 15) is 4.79 Å². The van der Waals surface area contributed by atoms with E-state index in [-0.39, 0.29) is 17.9 Å². The first kappa shape index (κ1) is 15.8. The molecule has 4 rings (SSSR count). The van der Waals surface area contributed by atoms with Crippen LogP contribution in [0.5, 0.6) is 0 Å². The molecule has 5 heteroatoms. The number of fused-ring (bicyclic) bond motifs is 1. The van der Waals surface area contributed by atoms with Crippen molar-refractivity contribution in [2.75, 3.05) is 6.61 Å². The molecule has 0 radical (unpaired) electrons. The lowest BCUT2D eigenvalue weighted by atomic mass is 10.0. The summed E-state index contributed by atoms with van der Waals surface area (Å²) < 4.78 is 11.6. The monoisotopic (exact) mass is 336 g/mol. The Bertz CT molecular complexity index is 842. The summed E-state index contributed by atoms with van der Waals surface area (Å²) in [5, 5.41) is 4.11. The second-order valence-corrected chi connectivity index (χ2v) is 6.47. The van der Waals surface area contributed by atoms with Gasteiger partial charge in [-0.05, 0) is 42.2 Å². The van der Waals surface area contributed by atoms with Gasteiger partial charge in [-0.25, -0.2) is 0 Å². The van der Waals surface area contributed by atoms with Crippen molar-refractivity contribution >= 4 is 16.9 Å². The molecule has 1 aliphatic heterocycles. The van der Waals surface area contributed by atoms with E-state index in [4.69, 9.17) is 9.15 Å². The van der Waals surface area contributed by atoms with Crippen molar-refractivity contribution in [3.8, 4) is 0 Å². The fourth-order valence-electron chi connectivity index (χ4n) is 3.27. The van der Waals surface area contributed by atoms with Gasteiger partial charge < -0.3 is 14.5 Å². The molecule has 0 spiro atoms. The highest BCUT2D eigenvalue weighted by Gasteiger charge is 2.33. The van der Waals surface area contributed by atoms with Crippen molar-refractivity contribution in [3.63, 3.8) is 0 Å². The van der Waals surface area contributed by atoms with E-state index in [0.29, 0.717) is 12.4 Å².